The maximum Gasteiger partial charge on any atom is 0.122 e. The second-order valence-corrected chi connectivity index (χ2v) is 6.06. The van der Waals surface area contributed by atoms with Gasteiger partial charge >= 0.3 is 0 Å². The molecule has 104 valence electrons. The van der Waals surface area contributed by atoms with Crippen molar-refractivity contribution >= 4 is 0 Å². The second-order valence-electron chi connectivity index (χ2n) is 6.06. The Bertz CT molecular complexity index is 307. The number of nitrogens with two attached hydrogens (primary N) is 1. The minimum absolute atomic E-state index is 0.0636. The molecule has 0 aliphatic rings. The summed E-state index contributed by atoms with van der Waals surface area (Å²) in [6, 6.07) is 4.20. The fourth-order valence-electron chi connectivity index (χ4n) is 2.47. The molecule has 0 saturated carbocycles. The number of hydrogen-bond donors (Lipinski definition) is 1. The monoisotopic (exact) mass is 252 g/mol. The fourth-order valence-corrected chi connectivity index (χ4v) is 2.47. The lowest BCUT2D eigenvalue weighted by molar-refractivity contribution is 0.123. The Morgan fingerprint density at radius 2 is 1.67 bits per heavy atom. The van der Waals surface area contributed by atoms with Crippen LogP contribution in [0.5, 0.6) is 0 Å². The zero-order valence-electron chi connectivity index (χ0n) is 12.4. The highest BCUT2D eigenvalue weighted by atomic mass is 16.3. The maximum absolute atomic E-state index is 6.18. The zero-order chi connectivity index (χ0) is 13.7. The lowest BCUT2D eigenvalue weighted by atomic mass is 10.0. The van der Waals surface area contributed by atoms with Crippen LogP contribution in [-0.4, -0.2) is 24.0 Å². The van der Waals surface area contributed by atoms with Crippen molar-refractivity contribution in [2.75, 3.05) is 13.1 Å². The van der Waals surface area contributed by atoms with Crippen LogP contribution in [0.4, 0.5) is 0 Å². The molecular formula is C15H28N2O. The summed E-state index contributed by atoms with van der Waals surface area (Å²) in [5.74, 6) is 2.23. The molecule has 1 heterocycles. The number of nitrogens with zero attached hydrogens (tertiary/aromatic N) is 1. The molecule has 0 amide bonds. The molecule has 2 unspecified atom stereocenters. The molecule has 0 fully saturated rings. The summed E-state index contributed by atoms with van der Waals surface area (Å²) < 4.78 is 5.58. The molecule has 0 aliphatic heterocycles. The molecule has 1 aromatic heterocycles. The van der Waals surface area contributed by atoms with Crippen molar-refractivity contribution in [2.45, 2.75) is 46.7 Å². The van der Waals surface area contributed by atoms with Crippen LogP contribution in [0, 0.1) is 11.8 Å². The molecule has 0 bridgehead atoms. The highest BCUT2D eigenvalue weighted by Crippen LogP contribution is 2.26. The van der Waals surface area contributed by atoms with E-state index in [1.165, 1.54) is 0 Å². The largest absolute Gasteiger partial charge is 0.468 e. The van der Waals surface area contributed by atoms with Gasteiger partial charge in [0.1, 0.15) is 5.76 Å². The van der Waals surface area contributed by atoms with Crippen molar-refractivity contribution < 1.29 is 4.42 Å². The van der Waals surface area contributed by atoms with Gasteiger partial charge in [-0.15, -0.1) is 0 Å². The van der Waals surface area contributed by atoms with E-state index in [1.807, 2.05) is 12.1 Å². The average molecular weight is 252 g/mol. The molecule has 0 radical (unpaired) electrons. The van der Waals surface area contributed by atoms with Crippen molar-refractivity contribution in [3.05, 3.63) is 24.2 Å². The van der Waals surface area contributed by atoms with Gasteiger partial charge in [0.25, 0.3) is 0 Å². The van der Waals surface area contributed by atoms with Crippen molar-refractivity contribution in [3.63, 3.8) is 0 Å². The van der Waals surface area contributed by atoms with Gasteiger partial charge in [0.05, 0.1) is 12.3 Å². The van der Waals surface area contributed by atoms with Gasteiger partial charge in [0.2, 0.25) is 0 Å². The third kappa shape index (κ3) is 4.46. The summed E-state index contributed by atoms with van der Waals surface area (Å²) in [5, 5.41) is 0. The second kappa shape index (κ2) is 6.95. The van der Waals surface area contributed by atoms with E-state index in [-0.39, 0.29) is 12.1 Å². The van der Waals surface area contributed by atoms with E-state index in [9.17, 15) is 0 Å². The normalized spacial score (nSPS) is 15.6. The Labute approximate surface area is 111 Å². The Balaban J connectivity index is 2.90. The van der Waals surface area contributed by atoms with E-state index in [2.05, 4.69) is 39.5 Å². The maximum atomic E-state index is 6.18. The third-order valence-electron chi connectivity index (χ3n) is 2.93. The smallest absolute Gasteiger partial charge is 0.122 e. The van der Waals surface area contributed by atoms with E-state index in [0.717, 1.165) is 18.8 Å². The van der Waals surface area contributed by atoms with Crippen LogP contribution in [0.25, 0.3) is 0 Å². The lowest BCUT2D eigenvalue weighted by Gasteiger charge is -2.35. The van der Waals surface area contributed by atoms with Crippen molar-refractivity contribution in [2.24, 2.45) is 17.6 Å². The van der Waals surface area contributed by atoms with Crippen LogP contribution in [0.2, 0.25) is 0 Å². The average Bonchev–Trinajstić information content (AvgIpc) is 2.68. The summed E-state index contributed by atoms with van der Waals surface area (Å²) in [4.78, 5) is 2.46. The molecule has 1 rings (SSSR count). The van der Waals surface area contributed by atoms with Gasteiger partial charge in [-0.2, -0.15) is 0 Å². The van der Waals surface area contributed by atoms with Gasteiger partial charge in [0, 0.05) is 19.1 Å². The highest BCUT2D eigenvalue weighted by molar-refractivity contribution is 5.07. The predicted molar refractivity (Wildman–Crippen MR) is 76.3 cm³/mol. The van der Waals surface area contributed by atoms with E-state index in [1.54, 1.807) is 6.26 Å². The first-order chi connectivity index (χ1) is 8.41. The van der Waals surface area contributed by atoms with Crippen LogP contribution < -0.4 is 5.73 Å². The Hall–Kier alpha value is -0.800. The van der Waals surface area contributed by atoms with Crippen LogP contribution in [-0.2, 0) is 0 Å². The molecule has 0 spiro atoms. The van der Waals surface area contributed by atoms with E-state index >= 15 is 0 Å². The predicted octanol–water partition coefficient (Wildman–Crippen LogP) is 3.28. The van der Waals surface area contributed by atoms with Crippen molar-refractivity contribution in [3.8, 4) is 0 Å². The fraction of sp³-hybridized carbons (Fsp3) is 0.733. The topological polar surface area (TPSA) is 42.4 Å². The van der Waals surface area contributed by atoms with E-state index in [0.29, 0.717) is 11.8 Å². The Kier molecular flexibility index (Phi) is 5.89. The molecule has 18 heavy (non-hydrogen) atoms. The number of rotatable bonds is 7. The first-order valence-corrected chi connectivity index (χ1v) is 6.94. The molecule has 1 aromatic rings. The van der Waals surface area contributed by atoms with Gasteiger partial charge in [-0.05, 0) is 30.9 Å². The van der Waals surface area contributed by atoms with E-state index in [4.69, 9.17) is 10.2 Å². The van der Waals surface area contributed by atoms with Gasteiger partial charge < -0.3 is 10.2 Å². The Morgan fingerprint density at radius 3 is 2.00 bits per heavy atom. The third-order valence-corrected chi connectivity index (χ3v) is 2.93. The molecular weight excluding hydrogens is 224 g/mol. The summed E-state index contributed by atoms with van der Waals surface area (Å²) in [5.41, 5.74) is 6.18. The van der Waals surface area contributed by atoms with Gasteiger partial charge in [0.15, 0.2) is 0 Å². The summed E-state index contributed by atoms with van der Waals surface area (Å²) in [7, 11) is 0. The molecule has 0 aliphatic carbocycles. The molecule has 0 saturated heterocycles. The van der Waals surface area contributed by atoms with E-state index < -0.39 is 0 Å². The van der Waals surface area contributed by atoms with Crippen LogP contribution >= 0.6 is 0 Å². The number of hydrogen-bond acceptors (Lipinski definition) is 3. The highest BCUT2D eigenvalue weighted by Gasteiger charge is 2.27. The lowest BCUT2D eigenvalue weighted by Crippen LogP contribution is -2.42. The van der Waals surface area contributed by atoms with Gasteiger partial charge in [-0.3, -0.25) is 4.90 Å². The Morgan fingerprint density at radius 1 is 1.11 bits per heavy atom. The zero-order valence-corrected chi connectivity index (χ0v) is 12.4. The number of furan rings is 1. The molecule has 2 N–H and O–H groups in total. The van der Waals surface area contributed by atoms with Crippen molar-refractivity contribution in [1.82, 2.24) is 4.90 Å². The van der Waals surface area contributed by atoms with Gasteiger partial charge in [-0.1, -0.05) is 27.7 Å². The van der Waals surface area contributed by atoms with Crippen LogP contribution in [0.15, 0.2) is 22.8 Å². The summed E-state index contributed by atoms with van der Waals surface area (Å²) in [6.45, 7) is 13.1. The quantitative estimate of drug-likeness (QED) is 0.809. The SMILES string of the molecule is CC(C)CN(CC(C)C)C(c1ccco1)C(C)N. The van der Waals surface area contributed by atoms with Gasteiger partial charge in [-0.25, -0.2) is 0 Å². The molecule has 3 heteroatoms. The first-order valence-electron chi connectivity index (χ1n) is 6.94. The minimum atomic E-state index is 0.0636. The standard InChI is InChI=1S/C15H28N2O/c1-11(2)9-17(10-12(3)4)15(13(5)16)14-7-6-8-18-14/h6-8,11-13,15H,9-10,16H2,1-5H3. The summed E-state index contributed by atoms with van der Waals surface area (Å²) >= 11 is 0. The minimum Gasteiger partial charge on any atom is -0.468 e. The first kappa shape index (κ1) is 15.3. The molecule has 0 aromatic carbocycles. The van der Waals surface area contributed by atoms with Crippen LogP contribution in [0.1, 0.15) is 46.4 Å². The summed E-state index contributed by atoms with van der Waals surface area (Å²) in [6.07, 6.45) is 1.73. The van der Waals surface area contributed by atoms with Crippen molar-refractivity contribution in [1.29, 1.82) is 0 Å². The molecule has 3 nitrogen and oxygen atoms in total. The van der Waals surface area contributed by atoms with Crippen LogP contribution in [0.3, 0.4) is 0 Å². The molecule has 2 atom stereocenters.